The van der Waals surface area contributed by atoms with E-state index in [1.807, 2.05) is 37.3 Å². The summed E-state index contributed by atoms with van der Waals surface area (Å²) >= 11 is 6.31. The van der Waals surface area contributed by atoms with E-state index < -0.39 is 11.9 Å². The molecule has 9 heteroatoms. The lowest BCUT2D eigenvalue weighted by Crippen LogP contribution is -2.50. The van der Waals surface area contributed by atoms with Crippen molar-refractivity contribution in [2.75, 3.05) is 0 Å². The Balaban J connectivity index is 1.30. The summed E-state index contributed by atoms with van der Waals surface area (Å²) in [5, 5.41) is 8.71. The van der Waals surface area contributed by atoms with Crippen molar-refractivity contribution in [3.8, 4) is 0 Å². The molecule has 1 saturated carbocycles. The molecule has 5 rings (SSSR count). The number of benzene rings is 2. The maximum absolute atomic E-state index is 13.3. The zero-order chi connectivity index (χ0) is 24.0. The number of hydrogen-bond donors (Lipinski definition) is 2. The molecule has 2 aromatic carbocycles. The molecule has 2 heterocycles. The number of hydrogen-bond acceptors (Lipinski definition) is 4. The smallest absolute Gasteiger partial charge is 0.269 e. The minimum absolute atomic E-state index is 0.0217. The standard InChI is InChI=1S/C25H26ClN5O3/c1-14-10-11-21(25(34)28-19-12-17(19)15-6-2-4-8-18(15)26)31(14)22(32)13-30-20-9-5-3-7-16(20)23(29-30)24(27)33/h2-9,14,17,19,21H,10-13H2,1H3,(H2,27,33)(H,28,34)/t14-,17-,19+,21+/m1/s1. The number of nitrogens with two attached hydrogens (primary N) is 1. The van der Waals surface area contributed by atoms with Crippen LogP contribution in [-0.2, 0) is 16.1 Å². The molecule has 2 fully saturated rings. The second-order valence-electron chi connectivity index (χ2n) is 9.11. The predicted molar refractivity (Wildman–Crippen MR) is 128 cm³/mol. The highest BCUT2D eigenvalue weighted by atomic mass is 35.5. The van der Waals surface area contributed by atoms with Gasteiger partial charge < -0.3 is 16.0 Å². The number of primary amides is 1. The molecule has 1 saturated heterocycles. The summed E-state index contributed by atoms with van der Waals surface area (Å²) in [6, 6.07) is 14.2. The van der Waals surface area contributed by atoms with Crippen LogP contribution in [0.5, 0.6) is 0 Å². The second-order valence-corrected chi connectivity index (χ2v) is 9.52. The van der Waals surface area contributed by atoms with Gasteiger partial charge in [-0.3, -0.25) is 19.1 Å². The van der Waals surface area contributed by atoms with Crippen molar-refractivity contribution in [2.24, 2.45) is 5.73 Å². The Labute approximate surface area is 202 Å². The van der Waals surface area contributed by atoms with Crippen molar-refractivity contribution in [1.29, 1.82) is 0 Å². The fraction of sp³-hybridized carbons (Fsp3) is 0.360. The number of fused-ring (bicyclic) bond motifs is 1. The van der Waals surface area contributed by atoms with Crippen LogP contribution in [-0.4, -0.2) is 50.5 Å². The number of halogens is 1. The minimum Gasteiger partial charge on any atom is -0.364 e. The Kier molecular flexibility index (Phi) is 5.77. The van der Waals surface area contributed by atoms with Gasteiger partial charge in [-0.15, -0.1) is 0 Å². The molecule has 3 aromatic rings. The van der Waals surface area contributed by atoms with E-state index in [9.17, 15) is 14.4 Å². The summed E-state index contributed by atoms with van der Waals surface area (Å²) in [6.07, 6.45) is 2.18. The van der Waals surface area contributed by atoms with E-state index in [1.165, 1.54) is 4.68 Å². The van der Waals surface area contributed by atoms with Gasteiger partial charge in [-0.2, -0.15) is 5.10 Å². The Morgan fingerprint density at radius 1 is 1.12 bits per heavy atom. The van der Waals surface area contributed by atoms with Crippen LogP contribution < -0.4 is 11.1 Å². The first-order chi connectivity index (χ1) is 16.3. The van der Waals surface area contributed by atoms with Gasteiger partial charge in [0.1, 0.15) is 12.6 Å². The van der Waals surface area contributed by atoms with Gasteiger partial charge in [0.05, 0.1) is 5.52 Å². The van der Waals surface area contributed by atoms with Crippen molar-refractivity contribution in [3.05, 3.63) is 64.8 Å². The molecule has 1 aliphatic carbocycles. The van der Waals surface area contributed by atoms with Gasteiger partial charge in [-0.05, 0) is 43.9 Å². The quantitative estimate of drug-likeness (QED) is 0.566. The van der Waals surface area contributed by atoms with Gasteiger partial charge >= 0.3 is 0 Å². The largest absolute Gasteiger partial charge is 0.364 e. The van der Waals surface area contributed by atoms with Gasteiger partial charge in [0.25, 0.3) is 5.91 Å². The number of nitrogens with zero attached hydrogens (tertiary/aromatic N) is 3. The molecule has 0 radical (unpaired) electrons. The first kappa shape index (κ1) is 22.4. The average Bonchev–Trinajstić information content (AvgIpc) is 3.29. The van der Waals surface area contributed by atoms with Crippen LogP contribution in [0.1, 0.15) is 48.2 Å². The first-order valence-corrected chi connectivity index (χ1v) is 11.8. The molecular weight excluding hydrogens is 454 g/mol. The van der Waals surface area contributed by atoms with E-state index in [4.69, 9.17) is 17.3 Å². The number of carbonyl (C=O) groups excluding carboxylic acids is 3. The molecular formula is C25H26ClN5O3. The van der Waals surface area contributed by atoms with Gasteiger partial charge in [0.15, 0.2) is 5.69 Å². The molecule has 0 bridgehead atoms. The fourth-order valence-corrected chi connectivity index (χ4v) is 5.33. The van der Waals surface area contributed by atoms with Gasteiger partial charge in [0.2, 0.25) is 11.8 Å². The summed E-state index contributed by atoms with van der Waals surface area (Å²) in [5.41, 5.74) is 7.30. The number of aromatic nitrogens is 2. The fourth-order valence-electron chi connectivity index (χ4n) is 5.05. The third-order valence-corrected chi connectivity index (χ3v) is 7.20. The minimum atomic E-state index is -0.647. The molecule has 3 N–H and O–H groups in total. The Bertz CT molecular complexity index is 1290. The maximum Gasteiger partial charge on any atom is 0.269 e. The van der Waals surface area contributed by atoms with E-state index in [-0.39, 0.29) is 42.1 Å². The molecule has 4 atom stereocenters. The highest BCUT2D eigenvalue weighted by Gasteiger charge is 2.44. The number of carbonyl (C=O) groups is 3. The molecule has 2 aliphatic rings. The van der Waals surface area contributed by atoms with E-state index >= 15 is 0 Å². The zero-order valence-electron chi connectivity index (χ0n) is 18.8. The molecule has 34 heavy (non-hydrogen) atoms. The topological polar surface area (TPSA) is 110 Å². The van der Waals surface area contributed by atoms with Crippen molar-refractivity contribution >= 4 is 40.2 Å². The molecule has 3 amide bonds. The molecule has 0 unspecified atom stereocenters. The number of amides is 3. The summed E-state index contributed by atoms with van der Waals surface area (Å²) in [4.78, 5) is 40.0. The van der Waals surface area contributed by atoms with E-state index in [1.54, 1.807) is 23.1 Å². The Hall–Kier alpha value is -3.39. The summed E-state index contributed by atoms with van der Waals surface area (Å²) in [5.74, 6) is -0.803. The van der Waals surface area contributed by atoms with E-state index in [0.29, 0.717) is 22.3 Å². The number of rotatable bonds is 6. The highest BCUT2D eigenvalue weighted by Crippen LogP contribution is 2.43. The first-order valence-electron chi connectivity index (χ1n) is 11.5. The van der Waals surface area contributed by atoms with Crippen molar-refractivity contribution in [1.82, 2.24) is 20.0 Å². The number of likely N-dealkylation sites (tertiary alicyclic amines) is 1. The molecule has 0 spiro atoms. The summed E-state index contributed by atoms with van der Waals surface area (Å²) in [6.45, 7) is 1.87. The number of nitrogens with one attached hydrogen (secondary N) is 1. The lowest BCUT2D eigenvalue weighted by molar-refractivity contribution is -0.140. The van der Waals surface area contributed by atoms with Gasteiger partial charge in [0, 0.05) is 28.4 Å². The van der Waals surface area contributed by atoms with Crippen LogP contribution >= 0.6 is 11.6 Å². The number of para-hydroxylation sites is 1. The van der Waals surface area contributed by atoms with E-state index in [2.05, 4.69) is 10.4 Å². The summed E-state index contributed by atoms with van der Waals surface area (Å²) in [7, 11) is 0. The Morgan fingerprint density at radius 2 is 1.85 bits per heavy atom. The third-order valence-electron chi connectivity index (χ3n) is 6.86. The van der Waals surface area contributed by atoms with Crippen LogP contribution in [0.15, 0.2) is 48.5 Å². The van der Waals surface area contributed by atoms with Crippen LogP contribution in [0.25, 0.3) is 10.9 Å². The average molecular weight is 480 g/mol. The second kappa shape index (κ2) is 8.76. The lowest BCUT2D eigenvalue weighted by atomic mass is 10.1. The molecule has 176 valence electrons. The highest BCUT2D eigenvalue weighted by molar-refractivity contribution is 6.31. The Morgan fingerprint density at radius 3 is 2.62 bits per heavy atom. The molecule has 1 aromatic heterocycles. The van der Waals surface area contributed by atoms with Crippen LogP contribution in [0.4, 0.5) is 0 Å². The van der Waals surface area contributed by atoms with Crippen LogP contribution in [0.3, 0.4) is 0 Å². The molecule has 1 aliphatic heterocycles. The van der Waals surface area contributed by atoms with Gasteiger partial charge in [-0.1, -0.05) is 48.0 Å². The van der Waals surface area contributed by atoms with E-state index in [0.717, 1.165) is 18.4 Å². The van der Waals surface area contributed by atoms with Crippen LogP contribution in [0, 0.1) is 0 Å². The lowest BCUT2D eigenvalue weighted by Gasteiger charge is -2.28. The zero-order valence-corrected chi connectivity index (χ0v) is 19.5. The SMILES string of the molecule is C[C@@H]1CC[C@@H](C(=O)N[C@H]2C[C@@H]2c2ccccc2Cl)N1C(=O)Cn1nc(C(N)=O)c2ccccc21. The predicted octanol–water partition coefficient (Wildman–Crippen LogP) is 2.84. The third kappa shape index (κ3) is 4.03. The van der Waals surface area contributed by atoms with Crippen molar-refractivity contribution in [2.45, 2.75) is 56.8 Å². The monoisotopic (exact) mass is 479 g/mol. The molecule has 8 nitrogen and oxygen atoms in total. The summed E-state index contributed by atoms with van der Waals surface area (Å²) < 4.78 is 1.49. The normalized spacial score (nSPS) is 23.8. The van der Waals surface area contributed by atoms with Crippen molar-refractivity contribution < 1.29 is 14.4 Å². The van der Waals surface area contributed by atoms with Crippen LogP contribution in [0.2, 0.25) is 5.02 Å². The van der Waals surface area contributed by atoms with Gasteiger partial charge in [-0.25, -0.2) is 0 Å². The van der Waals surface area contributed by atoms with Crippen molar-refractivity contribution in [3.63, 3.8) is 0 Å². The maximum atomic E-state index is 13.3.